The van der Waals surface area contributed by atoms with Crippen LogP contribution >= 0.6 is 24.0 Å². The number of methoxy groups -OCH3 is 1. The van der Waals surface area contributed by atoms with Crippen LogP contribution in [0.3, 0.4) is 0 Å². The third-order valence-corrected chi connectivity index (χ3v) is 3.42. The van der Waals surface area contributed by atoms with Crippen molar-refractivity contribution in [2.24, 2.45) is 0 Å². The van der Waals surface area contributed by atoms with Crippen LogP contribution in [0.1, 0.15) is 5.56 Å². The molecule has 2 aromatic carbocycles. The number of rotatable bonds is 7. The van der Waals surface area contributed by atoms with E-state index in [0.29, 0.717) is 35.4 Å². The number of nitrogen functional groups attached to an aromatic ring is 1. The van der Waals surface area contributed by atoms with Crippen molar-refractivity contribution in [3.05, 3.63) is 53.1 Å². The Morgan fingerprint density at radius 1 is 1.17 bits per heavy atom. The Labute approximate surface area is 152 Å². The van der Waals surface area contributed by atoms with Gasteiger partial charge in [0.15, 0.2) is 5.75 Å². The van der Waals surface area contributed by atoms with Crippen LogP contribution in [0.4, 0.5) is 11.4 Å². The van der Waals surface area contributed by atoms with Gasteiger partial charge in [0.25, 0.3) is 0 Å². The molecule has 0 aliphatic carbocycles. The Hall–Kier alpha value is -1.95. The maximum Gasteiger partial charge on any atom is 0.228 e. The van der Waals surface area contributed by atoms with Gasteiger partial charge in [0, 0.05) is 12.8 Å². The van der Waals surface area contributed by atoms with E-state index in [1.54, 1.807) is 37.4 Å². The third kappa shape index (κ3) is 5.92. The van der Waals surface area contributed by atoms with Crippen molar-refractivity contribution < 1.29 is 14.3 Å². The molecule has 0 aliphatic rings. The van der Waals surface area contributed by atoms with E-state index < -0.39 is 0 Å². The van der Waals surface area contributed by atoms with Gasteiger partial charge in [0.05, 0.1) is 23.7 Å². The van der Waals surface area contributed by atoms with Crippen molar-refractivity contribution in [1.29, 1.82) is 0 Å². The van der Waals surface area contributed by atoms with E-state index in [-0.39, 0.29) is 24.7 Å². The maximum atomic E-state index is 12.2. The van der Waals surface area contributed by atoms with Gasteiger partial charge in [-0.15, -0.1) is 12.4 Å². The van der Waals surface area contributed by atoms with E-state index in [4.69, 9.17) is 26.8 Å². The number of carbonyl (C=O) groups is 1. The highest BCUT2D eigenvalue weighted by Gasteiger charge is 2.12. The van der Waals surface area contributed by atoms with Gasteiger partial charge in [-0.25, -0.2) is 0 Å². The molecule has 0 aromatic heterocycles. The minimum Gasteiger partial charge on any atom is -0.487 e. The highest BCUT2D eigenvalue weighted by molar-refractivity contribution is 6.32. The van der Waals surface area contributed by atoms with E-state index in [2.05, 4.69) is 5.32 Å². The minimum absolute atomic E-state index is 0. The normalized spacial score (nSPS) is 9.92. The number of halogens is 2. The number of nitrogens with one attached hydrogen (secondary N) is 1. The van der Waals surface area contributed by atoms with Crippen molar-refractivity contribution in [3.63, 3.8) is 0 Å². The monoisotopic (exact) mass is 370 g/mol. The predicted octanol–water partition coefficient (Wildman–Crippen LogP) is 3.55. The van der Waals surface area contributed by atoms with Gasteiger partial charge >= 0.3 is 0 Å². The molecular weight excluding hydrogens is 351 g/mol. The Morgan fingerprint density at radius 2 is 1.88 bits per heavy atom. The summed E-state index contributed by atoms with van der Waals surface area (Å²) >= 11 is 6.14. The molecule has 0 radical (unpaired) electrons. The van der Waals surface area contributed by atoms with E-state index in [1.807, 2.05) is 12.1 Å². The average molecular weight is 371 g/mol. The Bertz CT molecular complexity index is 663. The zero-order chi connectivity index (χ0) is 16.7. The van der Waals surface area contributed by atoms with Gasteiger partial charge in [0.2, 0.25) is 5.91 Å². The number of anilines is 2. The molecule has 0 atom stereocenters. The fourth-order valence-electron chi connectivity index (χ4n) is 2.00. The van der Waals surface area contributed by atoms with E-state index >= 15 is 0 Å². The number of carbonyl (C=O) groups excluding carboxylic acids is 1. The van der Waals surface area contributed by atoms with Crippen LogP contribution in [0.5, 0.6) is 5.75 Å². The van der Waals surface area contributed by atoms with Gasteiger partial charge < -0.3 is 20.5 Å². The molecule has 7 heteroatoms. The van der Waals surface area contributed by atoms with E-state index in [1.165, 1.54) is 0 Å². The molecule has 24 heavy (non-hydrogen) atoms. The van der Waals surface area contributed by atoms with Crippen LogP contribution in [0.2, 0.25) is 5.02 Å². The van der Waals surface area contributed by atoms with Crippen molar-refractivity contribution in [1.82, 2.24) is 0 Å². The number of benzene rings is 2. The van der Waals surface area contributed by atoms with Gasteiger partial charge in [-0.05, 0) is 29.8 Å². The molecule has 2 rings (SSSR count). The summed E-state index contributed by atoms with van der Waals surface area (Å²) in [5.41, 5.74) is 7.71. The molecule has 3 N–H and O–H groups in total. The number of nitrogens with two attached hydrogens (primary N) is 1. The second-order valence-corrected chi connectivity index (χ2v) is 5.33. The lowest BCUT2D eigenvalue weighted by Crippen LogP contribution is -2.16. The molecule has 130 valence electrons. The first-order chi connectivity index (χ1) is 11.1. The van der Waals surface area contributed by atoms with Crippen LogP contribution in [0.15, 0.2) is 42.5 Å². The number of amides is 1. The molecule has 0 saturated carbocycles. The molecule has 0 bridgehead atoms. The third-order valence-electron chi connectivity index (χ3n) is 3.12. The van der Waals surface area contributed by atoms with Crippen LogP contribution < -0.4 is 15.8 Å². The smallest absolute Gasteiger partial charge is 0.228 e. The van der Waals surface area contributed by atoms with Gasteiger partial charge in [-0.3, -0.25) is 4.79 Å². The molecule has 5 nitrogen and oxygen atoms in total. The average Bonchev–Trinajstić information content (AvgIpc) is 2.52. The zero-order valence-corrected chi connectivity index (χ0v) is 14.8. The molecular formula is C17H20Cl2N2O3. The van der Waals surface area contributed by atoms with Gasteiger partial charge in [0.1, 0.15) is 6.61 Å². The lowest BCUT2D eigenvalue weighted by atomic mass is 10.1. The Kier molecular flexibility index (Phi) is 8.40. The zero-order valence-electron chi connectivity index (χ0n) is 13.3. The molecule has 1 amide bonds. The number of ether oxygens (including phenoxy) is 2. The predicted molar refractivity (Wildman–Crippen MR) is 99.3 cm³/mol. The summed E-state index contributed by atoms with van der Waals surface area (Å²) in [5, 5.41) is 3.26. The summed E-state index contributed by atoms with van der Waals surface area (Å²) in [5.74, 6) is 0.283. The van der Waals surface area contributed by atoms with Crippen LogP contribution in [0, 0.1) is 0 Å². The second kappa shape index (κ2) is 10.0. The Balaban J connectivity index is 0.00000288. The lowest BCUT2D eigenvalue weighted by molar-refractivity contribution is -0.115. The summed E-state index contributed by atoms with van der Waals surface area (Å²) in [6.45, 7) is 0.783. The van der Waals surface area contributed by atoms with Crippen molar-refractivity contribution in [2.75, 3.05) is 31.4 Å². The largest absolute Gasteiger partial charge is 0.487 e. The number of hydrogen-bond donors (Lipinski definition) is 2. The first-order valence-electron chi connectivity index (χ1n) is 7.14. The fourth-order valence-corrected chi connectivity index (χ4v) is 2.23. The molecule has 0 spiro atoms. The minimum atomic E-state index is -0.159. The molecule has 0 aliphatic heterocycles. The summed E-state index contributed by atoms with van der Waals surface area (Å²) in [4.78, 5) is 12.2. The maximum absolute atomic E-state index is 12.2. The molecule has 2 aromatic rings. The van der Waals surface area contributed by atoms with Gasteiger partial charge in [-0.2, -0.15) is 0 Å². The van der Waals surface area contributed by atoms with Crippen molar-refractivity contribution in [3.8, 4) is 5.75 Å². The SMILES string of the molecule is COCCOc1c(Cl)cccc1NC(=O)Cc1ccc(N)cc1.Cl. The van der Waals surface area contributed by atoms with Crippen molar-refractivity contribution in [2.45, 2.75) is 6.42 Å². The fraction of sp³-hybridized carbons (Fsp3) is 0.235. The summed E-state index contributed by atoms with van der Waals surface area (Å²) < 4.78 is 10.5. The van der Waals surface area contributed by atoms with E-state index in [0.717, 1.165) is 5.56 Å². The molecule has 0 heterocycles. The molecule has 0 saturated heterocycles. The van der Waals surface area contributed by atoms with Crippen LogP contribution in [-0.2, 0) is 16.0 Å². The highest BCUT2D eigenvalue weighted by atomic mass is 35.5. The first kappa shape index (κ1) is 20.1. The summed E-state index contributed by atoms with van der Waals surface area (Å²) in [7, 11) is 1.59. The Morgan fingerprint density at radius 3 is 2.54 bits per heavy atom. The second-order valence-electron chi connectivity index (χ2n) is 4.92. The first-order valence-corrected chi connectivity index (χ1v) is 7.52. The van der Waals surface area contributed by atoms with E-state index in [9.17, 15) is 4.79 Å². The van der Waals surface area contributed by atoms with Gasteiger partial charge in [-0.1, -0.05) is 29.8 Å². The summed E-state index contributed by atoms with van der Waals surface area (Å²) in [6.07, 6.45) is 0.240. The van der Waals surface area contributed by atoms with Crippen LogP contribution in [0.25, 0.3) is 0 Å². The standard InChI is InChI=1S/C17H19ClN2O3.ClH/c1-22-9-10-23-17-14(18)3-2-4-15(17)20-16(21)11-12-5-7-13(19)8-6-12;/h2-8H,9-11,19H2,1H3,(H,20,21);1H. The number of hydrogen-bond acceptors (Lipinski definition) is 4. The highest BCUT2D eigenvalue weighted by Crippen LogP contribution is 2.33. The van der Waals surface area contributed by atoms with Crippen LogP contribution in [-0.4, -0.2) is 26.2 Å². The van der Waals surface area contributed by atoms with Crippen molar-refractivity contribution >= 4 is 41.3 Å². The number of para-hydroxylation sites is 1. The molecule has 0 unspecified atom stereocenters. The topological polar surface area (TPSA) is 73.6 Å². The summed E-state index contributed by atoms with van der Waals surface area (Å²) in [6, 6.07) is 12.4. The lowest BCUT2D eigenvalue weighted by Gasteiger charge is -2.14. The quantitative estimate of drug-likeness (QED) is 0.577. The molecule has 0 fully saturated rings.